The molecule has 0 unspecified atom stereocenters. The van der Waals surface area contributed by atoms with Gasteiger partial charge < -0.3 is 9.84 Å². The van der Waals surface area contributed by atoms with Crippen LogP contribution in [0.3, 0.4) is 0 Å². The van der Waals surface area contributed by atoms with Crippen LogP contribution >= 0.6 is 11.3 Å². The molecule has 1 saturated carbocycles. The molecule has 20 heavy (non-hydrogen) atoms. The molecule has 0 spiro atoms. The summed E-state index contributed by atoms with van der Waals surface area (Å²) in [5.41, 5.74) is 0.443. The summed E-state index contributed by atoms with van der Waals surface area (Å²) in [5.74, 6) is -0.599. The smallest absolute Gasteiger partial charge is 0.347 e. The molecule has 1 heterocycles. The van der Waals surface area contributed by atoms with Crippen molar-refractivity contribution >= 4 is 27.3 Å². The SMILES string of the molecule is Cc1csc(C(=O)O)c1S(=O)(=O)NCCOCC1CC1. The average Bonchev–Trinajstić information content (AvgIpc) is 3.09. The first-order chi connectivity index (χ1) is 9.42. The van der Waals surface area contributed by atoms with Gasteiger partial charge in [-0.15, -0.1) is 11.3 Å². The Morgan fingerprint density at radius 2 is 2.25 bits per heavy atom. The third-order valence-corrected chi connectivity index (χ3v) is 5.83. The zero-order valence-electron chi connectivity index (χ0n) is 11.1. The van der Waals surface area contributed by atoms with E-state index in [1.165, 1.54) is 18.2 Å². The summed E-state index contributed by atoms with van der Waals surface area (Å²) >= 11 is 0.917. The highest BCUT2D eigenvalue weighted by atomic mass is 32.2. The van der Waals surface area contributed by atoms with Crippen molar-refractivity contribution in [3.05, 3.63) is 15.8 Å². The van der Waals surface area contributed by atoms with Crippen molar-refractivity contribution in [3.63, 3.8) is 0 Å². The van der Waals surface area contributed by atoms with Crippen molar-refractivity contribution in [2.45, 2.75) is 24.7 Å². The fourth-order valence-electron chi connectivity index (χ4n) is 1.77. The summed E-state index contributed by atoms with van der Waals surface area (Å²) in [6.07, 6.45) is 2.36. The van der Waals surface area contributed by atoms with E-state index < -0.39 is 16.0 Å². The van der Waals surface area contributed by atoms with Crippen LogP contribution in [0.1, 0.15) is 28.1 Å². The zero-order valence-corrected chi connectivity index (χ0v) is 12.7. The Bertz CT molecular complexity index is 589. The molecule has 0 radical (unpaired) electrons. The number of thiophene rings is 1. The Labute approximate surface area is 121 Å². The van der Waals surface area contributed by atoms with Gasteiger partial charge in [0.15, 0.2) is 0 Å². The molecule has 112 valence electrons. The Hall–Kier alpha value is -0.960. The third-order valence-electron chi connectivity index (χ3n) is 2.97. The molecule has 0 atom stereocenters. The van der Waals surface area contributed by atoms with Gasteiger partial charge in [-0.1, -0.05) is 0 Å². The highest BCUT2D eigenvalue weighted by molar-refractivity contribution is 7.89. The molecule has 2 rings (SSSR count). The molecule has 1 fully saturated rings. The van der Waals surface area contributed by atoms with E-state index in [-0.39, 0.29) is 16.3 Å². The van der Waals surface area contributed by atoms with E-state index in [1.54, 1.807) is 6.92 Å². The summed E-state index contributed by atoms with van der Waals surface area (Å²) in [7, 11) is -3.81. The first-order valence-electron chi connectivity index (χ1n) is 6.30. The first-order valence-corrected chi connectivity index (χ1v) is 8.67. The number of aromatic carboxylic acids is 1. The standard InChI is InChI=1S/C12H17NO5S2/c1-8-7-19-10(12(14)15)11(8)20(16,17)13-4-5-18-6-9-2-3-9/h7,9,13H,2-6H2,1H3,(H,14,15). The van der Waals surface area contributed by atoms with Crippen molar-refractivity contribution in [2.75, 3.05) is 19.8 Å². The van der Waals surface area contributed by atoms with Gasteiger partial charge >= 0.3 is 5.97 Å². The number of hydrogen-bond acceptors (Lipinski definition) is 5. The number of hydrogen-bond donors (Lipinski definition) is 2. The number of sulfonamides is 1. The molecule has 0 saturated heterocycles. The summed E-state index contributed by atoms with van der Waals surface area (Å²) in [5, 5.41) is 10.5. The van der Waals surface area contributed by atoms with Crippen molar-refractivity contribution in [1.29, 1.82) is 0 Å². The van der Waals surface area contributed by atoms with Crippen LogP contribution in [-0.4, -0.2) is 39.3 Å². The monoisotopic (exact) mass is 319 g/mol. The van der Waals surface area contributed by atoms with Gasteiger partial charge in [-0.25, -0.2) is 17.9 Å². The van der Waals surface area contributed by atoms with Gasteiger partial charge in [0.1, 0.15) is 9.77 Å². The van der Waals surface area contributed by atoms with E-state index >= 15 is 0 Å². The number of rotatable bonds is 8. The molecule has 6 nitrogen and oxygen atoms in total. The molecular weight excluding hydrogens is 302 g/mol. The van der Waals surface area contributed by atoms with Crippen molar-refractivity contribution < 1.29 is 23.1 Å². The predicted octanol–water partition coefficient (Wildman–Crippen LogP) is 1.46. The van der Waals surface area contributed by atoms with Crippen molar-refractivity contribution in [3.8, 4) is 0 Å². The molecule has 0 aliphatic heterocycles. The molecule has 2 N–H and O–H groups in total. The van der Waals surface area contributed by atoms with Crippen LogP contribution in [0.4, 0.5) is 0 Å². The maximum absolute atomic E-state index is 12.1. The summed E-state index contributed by atoms with van der Waals surface area (Å²) in [4.78, 5) is 10.7. The second kappa shape index (κ2) is 6.21. The van der Waals surface area contributed by atoms with Crippen LogP contribution in [0, 0.1) is 12.8 Å². The van der Waals surface area contributed by atoms with Gasteiger partial charge in [-0.3, -0.25) is 0 Å². The predicted molar refractivity (Wildman–Crippen MR) is 74.7 cm³/mol. The Kier molecular flexibility index (Phi) is 4.79. The lowest BCUT2D eigenvalue weighted by molar-refractivity contribution is 0.0698. The van der Waals surface area contributed by atoms with Crippen LogP contribution < -0.4 is 4.72 Å². The molecule has 8 heteroatoms. The van der Waals surface area contributed by atoms with Crippen molar-refractivity contribution in [1.82, 2.24) is 4.72 Å². The average molecular weight is 319 g/mol. The topological polar surface area (TPSA) is 92.7 Å². The second-order valence-corrected chi connectivity index (χ2v) is 7.38. The van der Waals surface area contributed by atoms with Crippen LogP contribution in [0.25, 0.3) is 0 Å². The zero-order chi connectivity index (χ0) is 14.8. The third kappa shape index (κ3) is 3.78. The second-order valence-electron chi connectivity index (χ2n) is 4.80. The van der Waals surface area contributed by atoms with E-state index in [4.69, 9.17) is 9.84 Å². The molecule has 0 aromatic carbocycles. The van der Waals surface area contributed by atoms with Gasteiger partial charge in [-0.2, -0.15) is 0 Å². The van der Waals surface area contributed by atoms with Gasteiger partial charge in [0, 0.05) is 13.2 Å². The highest BCUT2D eigenvalue weighted by Crippen LogP contribution is 2.29. The quantitative estimate of drug-likeness (QED) is 0.708. The normalized spacial score (nSPS) is 15.4. The molecule has 0 bridgehead atoms. The molecule has 1 aromatic rings. The lowest BCUT2D eigenvalue weighted by Gasteiger charge is -2.08. The molecular formula is C12H17NO5S2. The Morgan fingerprint density at radius 3 is 2.85 bits per heavy atom. The number of carbonyl (C=O) groups is 1. The van der Waals surface area contributed by atoms with Gasteiger partial charge in [0.05, 0.1) is 6.61 Å². The summed E-state index contributed by atoms with van der Waals surface area (Å²) in [6.45, 7) is 2.69. The van der Waals surface area contributed by atoms with E-state index in [0.717, 1.165) is 11.3 Å². The Morgan fingerprint density at radius 1 is 1.55 bits per heavy atom. The lowest BCUT2D eigenvalue weighted by Crippen LogP contribution is -2.29. The van der Waals surface area contributed by atoms with Gasteiger partial charge in [-0.05, 0) is 36.6 Å². The van der Waals surface area contributed by atoms with Crippen LogP contribution in [-0.2, 0) is 14.8 Å². The highest BCUT2D eigenvalue weighted by Gasteiger charge is 2.26. The number of carboxylic acids is 1. The minimum absolute atomic E-state index is 0.141. The van der Waals surface area contributed by atoms with E-state index in [0.29, 0.717) is 24.7 Å². The van der Waals surface area contributed by atoms with E-state index in [9.17, 15) is 13.2 Å². The Balaban J connectivity index is 1.95. The fourth-order valence-corrected chi connectivity index (χ4v) is 4.41. The minimum Gasteiger partial charge on any atom is -0.477 e. The van der Waals surface area contributed by atoms with E-state index in [2.05, 4.69) is 4.72 Å². The van der Waals surface area contributed by atoms with Crippen LogP contribution in [0.5, 0.6) is 0 Å². The first kappa shape index (κ1) is 15.4. The molecule has 1 aliphatic carbocycles. The molecule has 1 aromatic heterocycles. The van der Waals surface area contributed by atoms with Gasteiger partial charge in [0.25, 0.3) is 0 Å². The molecule has 0 amide bonds. The van der Waals surface area contributed by atoms with Gasteiger partial charge in [0.2, 0.25) is 10.0 Å². The maximum Gasteiger partial charge on any atom is 0.347 e. The van der Waals surface area contributed by atoms with Crippen molar-refractivity contribution in [2.24, 2.45) is 5.92 Å². The number of nitrogens with one attached hydrogen (secondary N) is 1. The number of aryl methyl sites for hydroxylation is 1. The van der Waals surface area contributed by atoms with E-state index in [1.807, 2.05) is 0 Å². The fraction of sp³-hybridized carbons (Fsp3) is 0.583. The summed E-state index contributed by atoms with van der Waals surface area (Å²) < 4.78 is 32.0. The minimum atomic E-state index is -3.81. The number of ether oxygens (including phenoxy) is 1. The number of carboxylic acid groups (broad SMARTS) is 1. The molecule has 1 aliphatic rings. The van der Waals surface area contributed by atoms with Crippen LogP contribution in [0.15, 0.2) is 10.3 Å². The largest absolute Gasteiger partial charge is 0.477 e. The summed E-state index contributed by atoms with van der Waals surface area (Å²) in [6, 6.07) is 0. The lowest BCUT2D eigenvalue weighted by atomic mass is 10.3. The maximum atomic E-state index is 12.1. The van der Waals surface area contributed by atoms with Crippen LogP contribution in [0.2, 0.25) is 0 Å².